The van der Waals surface area contributed by atoms with E-state index in [-0.39, 0.29) is 12.3 Å². The molecule has 24 heavy (non-hydrogen) atoms. The first kappa shape index (κ1) is 18.1. The Kier molecular flexibility index (Phi) is 6.08. The van der Waals surface area contributed by atoms with Crippen molar-refractivity contribution in [2.24, 2.45) is 10.7 Å². The molecule has 0 saturated carbocycles. The van der Waals surface area contributed by atoms with Crippen molar-refractivity contribution < 1.29 is 17.9 Å². The van der Waals surface area contributed by atoms with Crippen LogP contribution in [0.2, 0.25) is 0 Å². The molecule has 2 aromatic rings. The van der Waals surface area contributed by atoms with Gasteiger partial charge >= 0.3 is 6.36 Å². The zero-order chi connectivity index (χ0) is 17.6. The van der Waals surface area contributed by atoms with Crippen molar-refractivity contribution in [3.05, 3.63) is 52.2 Å². The standard InChI is InChI=1S/C16H18F3N3OS/c1-11(14-3-2-8-24-14)9-21-15(20)22-10-12-4-6-13(7-5-12)23-16(17,18)19/h2-8,11H,9-10H2,1H3,(H3,20,21,22). The summed E-state index contributed by atoms with van der Waals surface area (Å²) in [5.74, 6) is 0.359. The molecule has 2 rings (SSSR count). The van der Waals surface area contributed by atoms with Gasteiger partial charge in [-0.2, -0.15) is 0 Å². The second kappa shape index (κ2) is 8.05. The largest absolute Gasteiger partial charge is 0.573 e. The van der Waals surface area contributed by atoms with Gasteiger partial charge in [-0.3, -0.25) is 0 Å². The molecule has 0 aliphatic carbocycles. The molecule has 1 unspecified atom stereocenters. The third-order valence-corrected chi connectivity index (χ3v) is 4.31. The van der Waals surface area contributed by atoms with Gasteiger partial charge in [-0.1, -0.05) is 25.1 Å². The number of hydrogen-bond donors (Lipinski definition) is 2. The maximum Gasteiger partial charge on any atom is 0.573 e. The van der Waals surface area contributed by atoms with Gasteiger partial charge in [0, 0.05) is 17.3 Å². The van der Waals surface area contributed by atoms with E-state index in [0.29, 0.717) is 18.4 Å². The predicted molar refractivity (Wildman–Crippen MR) is 89.2 cm³/mol. The smallest absolute Gasteiger partial charge is 0.406 e. The summed E-state index contributed by atoms with van der Waals surface area (Å²) in [4.78, 5) is 5.44. The Morgan fingerprint density at radius 2 is 2.00 bits per heavy atom. The number of aliphatic imine (C=N–C) groups is 1. The minimum Gasteiger partial charge on any atom is -0.406 e. The van der Waals surface area contributed by atoms with Crippen molar-refractivity contribution in [2.75, 3.05) is 6.54 Å². The number of halogens is 3. The zero-order valence-corrected chi connectivity index (χ0v) is 13.8. The summed E-state index contributed by atoms with van der Waals surface area (Å²) in [5.41, 5.74) is 6.54. The number of nitrogens with two attached hydrogens (primary N) is 1. The molecule has 0 bridgehead atoms. The molecule has 130 valence electrons. The van der Waals surface area contributed by atoms with E-state index >= 15 is 0 Å². The van der Waals surface area contributed by atoms with Crippen molar-refractivity contribution in [3.8, 4) is 5.75 Å². The lowest BCUT2D eigenvalue weighted by Crippen LogP contribution is -2.34. The summed E-state index contributed by atoms with van der Waals surface area (Å²) >= 11 is 1.69. The molecule has 1 heterocycles. The van der Waals surface area contributed by atoms with Gasteiger partial charge in [-0.25, -0.2) is 4.99 Å². The quantitative estimate of drug-likeness (QED) is 0.610. The number of rotatable bonds is 6. The molecule has 0 amide bonds. The first-order valence-corrected chi connectivity index (χ1v) is 8.13. The van der Waals surface area contributed by atoms with E-state index in [0.717, 1.165) is 5.56 Å². The molecule has 0 saturated heterocycles. The molecule has 1 aromatic carbocycles. The Labute approximate surface area is 142 Å². The Hall–Kier alpha value is -2.22. The fourth-order valence-corrected chi connectivity index (χ4v) is 2.75. The molecule has 1 aromatic heterocycles. The molecule has 8 heteroatoms. The van der Waals surface area contributed by atoms with Crippen LogP contribution in [0.15, 0.2) is 46.8 Å². The molecule has 0 fully saturated rings. The normalized spacial score (nSPS) is 13.6. The van der Waals surface area contributed by atoms with E-state index in [1.54, 1.807) is 11.3 Å². The molecular formula is C16H18F3N3OS. The average Bonchev–Trinajstić information content (AvgIpc) is 3.05. The highest BCUT2D eigenvalue weighted by Gasteiger charge is 2.30. The van der Waals surface area contributed by atoms with Gasteiger partial charge in [-0.05, 0) is 29.1 Å². The van der Waals surface area contributed by atoms with E-state index in [9.17, 15) is 13.2 Å². The third kappa shape index (κ3) is 6.11. The summed E-state index contributed by atoms with van der Waals surface area (Å²) in [6.07, 6.45) is -4.69. The minimum atomic E-state index is -4.69. The number of nitrogens with zero attached hydrogens (tertiary/aromatic N) is 1. The van der Waals surface area contributed by atoms with Gasteiger partial charge in [-0.15, -0.1) is 24.5 Å². The lowest BCUT2D eigenvalue weighted by molar-refractivity contribution is -0.274. The van der Waals surface area contributed by atoms with Crippen molar-refractivity contribution in [1.82, 2.24) is 5.32 Å². The van der Waals surface area contributed by atoms with Crippen molar-refractivity contribution in [1.29, 1.82) is 0 Å². The maximum absolute atomic E-state index is 12.1. The molecule has 4 nitrogen and oxygen atoms in total. The fraction of sp³-hybridized carbons (Fsp3) is 0.312. The van der Waals surface area contributed by atoms with Crippen molar-refractivity contribution >= 4 is 17.3 Å². The van der Waals surface area contributed by atoms with Gasteiger partial charge < -0.3 is 15.8 Å². The summed E-state index contributed by atoms with van der Waals surface area (Å²) in [5, 5.41) is 5.07. The highest BCUT2D eigenvalue weighted by atomic mass is 32.1. The Balaban J connectivity index is 1.81. The Morgan fingerprint density at radius 3 is 2.58 bits per heavy atom. The second-order valence-corrected chi connectivity index (χ2v) is 6.17. The number of benzene rings is 1. The molecule has 0 aliphatic rings. The van der Waals surface area contributed by atoms with E-state index in [1.807, 2.05) is 11.4 Å². The number of nitrogens with one attached hydrogen (secondary N) is 1. The van der Waals surface area contributed by atoms with Crippen LogP contribution in [0.4, 0.5) is 13.2 Å². The average molecular weight is 357 g/mol. The number of guanidine groups is 1. The van der Waals surface area contributed by atoms with Crippen LogP contribution in [-0.4, -0.2) is 18.9 Å². The van der Waals surface area contributed by atoms with Crippen molar-refractivity contribution in [3.63, 3.8) is 0 Å². The van der Waals surface area contributed by atoms with Gasteiger partial charge in [0.15, 0.2) is 5.96 Å². The molecule has 3 N–H and O–H groups in total. The number of ether oxygens (including phenoxy) is 1. The SMILES string of the molecule is CC(CNC(N)=NCc1ccc(OC(F)(F)F)cc1)c1cccs1. The first-order valence-electron chi connectivity index (χ1n) is 7.25. The lowest BCUT2D eigenvalue weighted by Gasteiger charge is -2.11. The van der Waals surface area contributed by atoms with Crippen LogP contribution in [-0.2, 0) is 6.54 Å². The Morgan fingerprint density at radius 1 is 1.29 bits per heavy atom. The van der Waals surface area contributed by atoms with Gasteiger partial charge in [0.2, 0.25) is 0 Å². The highest BCUT2D eigenvalue weighted by Crippen LogP contribution is 2.23. The first-order chi connectivity index (χ1) is 11.3. The van der Waals surface area contributed by atoms with Crippen molar-refractivity contribution in [2.45, 2.75) is 25.7 Å². The number of thiophene rings is 1. The third-order valence-electron chi connectivity index (χ3n) is 3.21. The lowest BCUT2D eigenvalue weighted by atomic mass is 10.1. The van der Waals surface area contributed by atoms with Crippen LogP contribution in [0.5, 0.6) is 5.75 Å². The van der Waals surface area contributed by atoms with Gasteiger partial charge in [0.25, 0.3) is 0 Å². The molecular weight excluding hydrogens is 339 g/mol. The van der Waals surface area contributed by atoms with E-state index in [4.69, 9.17) is 5.73 Å². The monoisotopic (exact) mass is 357 g/mol. The summed E-state index contributed by atoms with van der Waals surface area (Å²) in [6, 6.07) is 9.61. The van der Waals surface area contributed by atoms with Crippen LogP contribution >= 0.6 is 11.3 Å². The van der Waals surface area contributed by atoms with Crippen LogP contribution < -0.4 is 15.8 Å². The number of hydrogen-bond acceptors (Lipinski definition) is 3. The van der Waals surface area contributed by atoms with Gasteiger partial charge in [0.1, 0.15) is 5.75 Å². The maximum atomic E-state index is 12.1. The second-order valence-electron chi connectivity index (χ2n) is 5.19. The van der Waals surface area contributed by atoms with Crippen LogP contribution in [0.1, 0.15) is 23.3 Å². The van der Waals surface area contributed by atoms with E-state index < -0.39 is 6.36 Å². The molecule has 0 aliphatic heterocycles. The molecule has 0 radical (unpaired) electrons. The zero-order valence-electron chi connectivity index (χ0n) is 13.0. The molecule has 1 atom stereocenters. The number of alkyl halides is 3. The topological polar surface area (TPSA) is 59.6 Å². The van der Waals surface area contributed by atoms with Crippen LogP contribution in [0.3, 0.4) is 0 Å². The Bertz CT molecular complexity index is 654. The summed E-state index contributed by atoms with van der Waals surface area (Å²) < 4.78 is 40.0. The molecule has 0 spiro atoms. The predicted octanol–water partition coefficient (Wildman–Crippen LogP) is 3.85. The van der Waals surface area contributed by atoms with Crippen LogP contribution in [0, 0.1) is 0 Å². The van der Waals surface area contributed by atoms with E-state index in [1.165, 1.54) is 29.1 Å². The van der Waals surface area contributed by atoms with Crippen LogP contribution in [0.25, 0.3) is 0 Å². The summed E-state index contributed by atoms with van der Waals surface area (Å²) in [7, 11) is 0. The highest BCUT2D eigenvalue weighted by molar-refractivity contribution is 7.10. The summed E-state index contributed by atoms with van der Waals surface area (Å²) in [6.45, 7) is 3.03. The van der Waals surface area contributed by atoms with E-state index in [2.05, 4.69) is 28.0 Å². The fourth-order valence-electron chi connectivity index (χ4n) is 1.96. The van der Waals surface area contributed by atoms with Gasteiger partial charge in [0.05, 0.1) is 6.54 Å². The minimum absolute atomic E-state index is 0.258.